The van der Waals surface area contributed by atoms with Crippen molar-refractivity contribution in [3.05, 3.63) is 40.3 Å². The summed E-state index contributed by atoms with van der Waals surface area (Å²) in [4.78, 5) is 39.4. The van der Waals surface area contributed by atoms with Crippen LogP contribution in [0, 0.1) is 11.8 Å². The third-order valence-electron chi connectivity index (χ3n) is 5.97. The molecule has 0 bridgehead atoms. The molecule has 1 aliphatic heterocycles. The number of urea groups is 1. The molecule has 2 aliphatic rings. The van der Waals surface area contributed by atoms with E-state index in [1.165, 1.54) is 4.90 Å². The molecule has 29 heavy (non-hydrogen) atoms. The first-order valence-corrected chi connectivity index (χ1v) is 10.6. The van der Waals surface area contributed by atoms with Gasteiger partial charge in [-0.1, -0.05) is 49.8 Å². The lowest BCUT2D eigenvalue weighted by Crippen LogP contribution is -2.58. The summed E-state index contributed by atoms with van der Waals surface area (Å²) in [6, 6.07) is 8.65. The van der Waals surface area contributed by atoms with Crippen LogP contribution in [-0.4, -0.2) is 38.5 Å². The van der Waals surface area contributed by atoms with Crippen LogP contribution in [0.25, 0.3) is 0 Å². The Bertz CT molecular complexity index is 935. The van der Waals surface area contributed by atoms with Crippen molar-refractivity contribution in [3.63, 3.8) is 0 Å². The van der Waals surface area contributed by atoms with E-state index in [0.717, 1.165) is 30.6 Å². The highest BCUT2D eigenvalue weighted by Crippen LogP contribution is 2.42. The Labute approximate surface area is 172 Å². The van der Waals surface area contributed by atoms with Gasteiger partial charge in [0.15, 0.2) is 0 Å². The van der Waals surface area contributed by atoms with E-state index in [4.69, 9.17) is 0 Å². The average Bonchev–Trinajstić information content (AvgIpc) is 3.27. The zero-order valence-electron chi connectivity index (χ0n) is 16.3. The van der Waals surface area contributed by atoms with Gasteiger partial charge in [0.1, 0.15) is 10.5 Å². The summed E-state index contributed by atoms with van der Waals surface area (Å²) >= 11 is 1.08. The van der Waals surface area contributed by atoms with Crippen molar-refractivity contribution in [2.24, 2.45) is 11.8 Å². The van der Waals surface area contributed by atoms with Crippen molar-refractivity contribution in [3.8, 4) is 0 Å². The molecule has 2 heterocycles. The van der Waals surface area contributed by atoms with Crippen LogP contribution in [0.2, 0.25) is 0 Å². The molecule has 2 unspecified atom stereocenters. The maximum atomic E-state index is 13.2. The van der Waals surface area contributed by atoms with Crippen molar-refractivity contribution in [2.45, 2.75) is 45.2 Å². The third-order valence-corrected chi connectivity index (χ3v) is 6.88. The number of benzene rings is 1. The lowest BCUT2D eigenvalue weighted by Gasteiger charge is -2.42. The van der Waals surface area contributed by atoms with E-state index in [2.05, 4.69) is 20.8 Å². The molecule has 2 fully saturated rings. The van der Waals surface area contributed by atoms with Gasteiger partial charge in [0.05, 0.1) is 6.54 Å². The Morgan fingerprint density at radius 3 is 2.59 bits per heavy atom. The monoisotopic (exact) mass is 413 g/mol. The predicted octanol–water partition coefficient (Wildman–Crippen LogP) is 3.04. The van der Waals surface area contributed by atoms with Crippen molar-refractivity contribution < 1.29 is 14.4 Å². The topological polar surface area (TPSA) is 104 Å². The van der Waals surface area contributed by atoms with Crippen LogP contribution in [0.15, 0.2) is 30.3 Å². The van der Waals surface area contributed by atoms with E-state index in [1.807, 2.05) is 32.0 Å². The molecule has 1 saturated carbocycles. The fourth-order valence-corrected chi connectivity index (χ4v) is 5.07. The van der Waals surface area contributed by atoms with Gasteiger partial charge in [0, 0.05) is 5.69 Å². The fraction of sp³-hybridized carbons (Fsp3) is 0.450. The molecular weight excluding hydrogens is 390 g/mol. The zero-order chi connectivity index (χ0) is 20.6. The van der Waals surface area contributed by atoms with Crippen LogP contribution in [0.5, 0.6) is 0 Å². The van der Waals surface area contributed by atoms with E-state index in [1.54, 1.807) is 12.1 Å². The highest BCUT2D eigenvalue weighted by molar-refractivity contribution is 7.13. The lowest BCUT2D eigenvalue weighted by atomic mass is 9.67. The molecule has 4 amide bonds. The van der Waals surface area contributed by atoms with E-state index < -0.39 is 11.6 Å². The van der Waals surface area contributed by atoms with Crippen molar-refractivity contribution in [1.82, 2.24) is 20.4 Å². The number of nitrogens with one attached hydrogen (secondary N) is 2. The molecular formula is C20H23N5O3S. The number of carbonyl (C=O) groups is 3. The molecule has 1 aliphatic carbocycles. The lowest BCUT2D eigenvalue weighted by molar-refractivity contribution is -0.136. The van der Waals surface area contributed by atoms with E-state index in [9.17, 15) is 14.4 Å². The number of hydrogen-bond donors (Lipinski definition) is 2. The molecule has 2 N–H and O–H groups in total. The normalized spacial score (nSPS) is 26.6. The van der Waals surface area contributed by atoms with E-state index in [0.29, 0.717) is 10.7 Å². The molecule has 0 radical (unpaired) electrons. The maximum absolute atomic E-state index is 13.2. The Hall–Kier alpha value is -2.81. The Morgan fingerprint density at radius 2 is 1.90 bits per heavy atom. The van der Waals surface area contributed by atoms with Crippen LogP contribution < -0.4 is 10.6 Å². The standard InChI is InChI=1S/C20H23N5O3S/c1-12-7-6-8-13(2)20(12)18(27)25(19(28)22-20)11-15-23-24-17(29-15)16(26)21-14-9-4-3-5-10-14/h3-5,9-10,12-13H,6-8,11H2,1-2H3,(H,21,26)(H,22,28). The van der Waals surface area contributed by atoms with Gasteiger partial charge >= 0.3 is 6.03 Å². The predicted molar refractivity (Wildman–Crippen MR) is 108 cm³/mol. The van der Waals surface area contributed by atoms with E-state index >= 15 is 0 Å². The number of imide groups is 1. The molecule has 4 rings (SSSR count). The van der Waals surface area contributed by atoms with Gasteiger partial charge in [-0.2, -0.15) is 0 Å². The highest BCUT2D eigenvalue weighted by Gasteiger charge is 2.58. The summed E-state index contributed by atoms with van der Waals surface area (Å²) in [5.74, 6) is -0.417. The smallest absolute Gasteiger partial charge is 0.323 e. The molecule has 152 valence electrons. The minimum Gasteiger partial charge on any atom is -0.323 e. The summed E-state index contributed by atoms with van der Waals surface area (Å²) in [5.41, 5.74) is -0.182. The number of para-hydroxylation sites is 1. The third kappa shape index (κ3) is 3.39. The summed E-state index contributed by atoms with van der Waals surface area (Å²) < 4.78 is 0. The number of anilines is 1. The Kier molecular flexibility index (Phi) is 5.08. The summed E-state index contributed by atoms with van der Waals surface area (Å²) in [6.45, 7) is 4.06. The molecule has 9 heteroatoms. The SMILES string of the molecule is CC1CCCC(C)C12NC(=O)N(Cc1nnc(C(=O)Nc3ccccc3)s1)C2=O. The zero-order valence-corrected chi connectivity index (χ0v) is 17.2. The molecule has 2 atom stereocenters. The number of amides is 4. The van der Waals surface area contributed by atoms with Gasteiger partial charge in [-0.25, -0.2) is 4.79 Å². The molecule has 1 saturated heterocycles. The quantitative estimate of drug-likeness (QED) is 0.750. The molecule has 1 aromatic heterocycles. The molecule has 2 aromatic rings. The maximum Gasteiger partial charge on any atom is 0.325 e. The van der Waals surface area contributed by atoms with Crippen LogP contribution >= 0.6 is 11.3 Å². The van der Waals surface area contributed by atoms with Gasteiger partial charge in [0.2, 0.25) is 5.01 Å². The van der Waals surface area contributed by atoms with Crippen molar-refractivity contribution in [2.75, 3.05) is 5.32 Å². The molecule has 1 spiro atoms. The van der Waals surface area contributed by atoms with Gasteiger partial charge < -0.3 is 10.6 Å². The molecule has 8 nitrogen and oxygen atoms in total. The second-order valence-electron chi connectivity index (χ2n) is 7.74. The van der Waals surface area contributed by atoms with Crippen molar-refractivity contribution >= 4 is 34.9 Å². The minimum atomic E-state index is -0.840. The molecule has 1 aromatic carbocycles. The summed E-state index contributed by atoms with van der Waals surface area (Å²) in [6.07, 6.45) is 2.88. The van der Waals surface area contributed by atoms with Crippen LogP contribution in [0.4, 0.5) is 10.5 Å². The fourth-order valence-electron chi connectivity index (χ4n) is 4.35. The summed E-state index contributed by atoms with van der Waals surface area (Å²) in [5, 5.41) is 14.3. The van der Waals surface area contributed by atoms with Crippen LogP contribution in [0.3, 0.4) is 0 Å². The van der Waals surface area contributed by atoms with Crippen LogP contribution in [0.1, 0.15) is 47.9 Å². The number of aromatic nitrogens is 2. The van der Waals surface area contributed by atoms with Crippen LogP contribution in [-0.2, 0) is 11.3 Å². The second-order valence-corrected chi connectivity index (χ2v) is 8.81. The minimum absolute atomic E-state index is 0.0160. The number of rotatable bonds is 4. The van der Waals surface area contributed by atoms with Gasteiger partial charge in [-0.15, -0.1) is 10.2 Å². The first kappa shape index (κ1) is 19.5. The average molecular weight is 414 g/mol. The number of hydrogen-bond acceptors (Lipinski definition) is 6. The van der Waals surface area contributed by atoms with Gasteiger partial charge in [-0.3, -0.25) is 14.5 Å². The Morgan fingerprint density at radius 1 is 1.21 bits per heavy atom. The highest BCUT2D eigenvalue weighted by atomic mass is 32.1. The van der Waals surface area contributed by atoms with Gasteiger partial charge in [-0.05, 0) is 36.8 Å². The Balaban J connectivity index is 1.48. The first-order valence-electron chi connectivity index (χ1n) is 9.74. The number of carbonyl (C=O) groups excluding carboxylic acids is 3. The van der Waals surface area contributed by atoms with Crippen molar-refractivity contribution in [1.29, 1.82) is 0 Å². The number of nitrogens with zero attached hydrogens (tertiary/aromatic N) is 3. The largest absolute Gasteiger partial charge is 0.325 e. The second kappa shape index (κ2) is 7.55. The first-order chi connectivity index (χ1) is 13.9. The summed E-state index contributed by atoms with van der Waals surface area (Å²) in [7, 11) is 0. The van der Waals surface area contributed by atoms with Gasteiger partial charge in [0.25, 0.3) is 11.8 Å². The van der Waals surface area contributed by atoms with E-state index in [-0.39, 0.29) is 35.2 Å².